The Morgan fingerprint density at radius 1 is 1.23 bits per heavy atom. The van der Waals surface area contributed by atoms with Crippen LogP contribution in [0.4, 0.5) is 10.5 Å². The van der Waals surface area contributed by atoms with Crippen LogP contribution in [0.5, 0.6) is 0 Å². The van der Waals surface area contributed by atoms with Crippen LogP contribution in [0, 0.1) is 5.92 Å². The number of rotatable bonds is 12. The van der Waals surface area contributed by atoms with Crippen LogP contribution in [0.1, 0.15) is 64.2 Å². The van der Waals surface area contributed by atoms with Gasteiger partial charge in [0.15, 0.2) is 5.72 Å². The zero-order valence-corrected chi connectivity index (χ0v) is 21.5. The van der Waals surface area contributed by atoms with Crippen LogP contribution in [0.3, 0.4) is 0 Å². The molecule has 2 aromatic rings. The van der Waals surface area contributed by atoms with Gasteiger partial charge in [0.1, 0.15) is 11.9 Å². The van der Waals surface area contributed by atoms with E-state index in [2.05, 4.69) is 25.3 Å². The minimum absolute atomic E-state index is 0.123. The van der Waals surface area contributed by atoms with Crippen LogP contribution in [-0.4, -0.2) is 42.5 Å². The number of imidazole rings is 1. The zero-order chi connectivity index (χ0) is 26.2. The molecule has 194 valence electrons. The van der Waals surface area contributed by atoms with Crippen LogP contribution in [0.15, 0.2) is 30.5 Å². The van der Waals surface area contributed by atoms with E-state index in [1.54, 1.807) is 30.5 Å². The molecule has 0 radical (unpaired) electrons. The fraction of sp³-hybridized carbons (Fsp3) is 0.522. The number of carbonyl (C=O) groups excluding carboxylic acids is 2. The minimum Gasteiger partial charge on any atom is -0.755 e. The highest BCUT2D eigenvalue weighted by Crippen LogP contribution is 2.19. The topological polar surface area (TPSA) is 174 Å². The Balaban J connectivity index is 2.23. The van der Waals surface area contributed by atoms with Crippen LogP contribution >= 0.6 is 0 Å². The smallest absolute Gasteiger partial charge is 0.409 e. The van der Waals surface area contributed by atoms with Gasteiger partial charge in [0.2, 0.25) is 5.91 Å². The van der Waals surface area contributed by atoms with E-state index in [0.717, 1.165) is 17.7 Å². The molecule has 0 aliphatic rings. The van der Waals surface area contributed by atoms with Gasteiger partial charge in [0.25, 0.3) is 0 Å². The van der Waals surface area contributed by atoms with Gasteiger partial charge < -0.3 is 29.6 Å². The maximum atomic E-state index is 13.3. The first-order chi connectivity index (χ1) is 16.4. The molecule has 6 N–H and O–H groups in total. The molecule has 1 unspecified atom stereocenters. The van der Waals surface area contributed by atoms with Crippen molar-refractivity contribution in [3.63, 3.8) is 0 Å². The third-order valence-electron chi connectivity index (χ3n) is 4.94. The third kappa shape index (κ3) is 10.0. The second kappa shape index (κ2) is 12.7. The Labute approximate surface area is 208 Å². The van der Waals surface area contributed by atoms with Crippen molar-refractivity contribution in [2.24, 2.45) is 11.7 Å². The molecule has 2 rings (SSSR count). The first-order valence-electron chi connectivity index (χ1n) is 11.4. The summed E-state index contributed by atoms with van der Waals surface area (Å²) in [5, 5.41) is 5.61. The zero-order valence-electron chi connectivity index (χ0n) is 20.7. The maximum absolute atomic E-state index is 13.3. The number of nitrogens with two attached hydrogens (primary N) is 1. The van der Waals surface area contributed by atoms with E-state index in [9.17, 15) is 18.4 Å². The lowest BCUT2D eigenvalue weighted by Gasteiger charge is -2.26. The van der Waals surface area contributed by atoms with E-state index in [4.69, 9.17) is 10.5 Å². The highest BCUT2D eigenvalue weighted by atomic mass is 32.2. The lowest BCUT2D eigenvalue weighted by Crippen LogP contribution is -2.51. The van der Waals surface area contributed by atoms with Gasteiger partial charge >= 0.3 is 6.09 Å². The van der Waals surface area contributed by atoms with Crippen molar-refractivity contribution in [2.75, 3.05) is 4.72 Å². The molecule has 11 nitrogen and oxygen atoms in total. The number of carbonyl (C=O) groups is 2. The van der Waals surface area contributed by atoms with Crippen molar-refractivity contribution in [3.8, 4) is 0 Å². The SMILES string of the molecule is CCc1cnc([C@H](Cc2ccc(NS(=O)[O-])cc2)NC(=O)[C@H](CC(C)C)NC(=O)OC(C)(C)N)[nH]1. The molecule has 0 fully saturated rings. The summed E-state index contributed by atoms with van der Waals surface area (Å²) in [7, 11) is 0. The summed E-state index contributed by atoms with van der Waals surface area (Å²) in [4.78, 5) is 33.2. The van der Waals surface area contributed by atoms with E-state index < -0.39 is 35.2 Å². The fourth-order valence-electron chi connectivity index (χ4n) is 3.38. The number of aromatic nitrogens is 2. The first-order valence-corrected chi connectivity index (χ1v) is 12.5. The van der Waals surface area contributed by atoms with Crippen LogP contribution in [0.25, 0.3) is 0 Å². The van der Waals surface area contributed by atoms with Gasteiger partial charge in [-0.2, -0.15) is 0 Å². The molecule has 35 heavy (non-hydrogen) atoms. The van der Waals surface area contributed by atoms with E-state index in [1.807, 2.05) is 20.8 Å². The summed E-state index contributed by atoms with van der Waals surface area (Å²) in [6, 6.07) is 5.44. The molecule has 1 heterocycles. The Bertz CT molecular complexity index is 1000. The highest BCUT2D eigenvalue weighted by Gasteiger charge is 2.28. The van der Waals surface area contributed by atoms with Gasteiger partial charge in [-0.05, 0) is 56.7 Å². The average molecular weight is 508 g/mol. The molecule has 12 heteroatoms. The number of benzene rings is 1. The summed E-state index contributed by atoms with van der Waals surface area (Å²) < 4.78 is 29.1. The number of aryl methyl sites for hydroxylation is 1. The molecule has 0 saturated carbocycles. The molecular formula is C23H35N6O5S-. The van der Waals surface area contributed by atoms with Crippen molar-refractivity contribution in [2.45, 2.75) is 71.7 Å². The minimum atomic E-state index is -2.42. The molecule has 0 saturated heterocycles. The maximum Gasteiger partial charge on any atom is 0.409 e. The van der Waals surface area contributed by atoms with E-state index in [0.29, 0.717) is 24.4 Å². The number of ether oxygens (including phenoxy) is 1. The van der Waals surface area contributed by atoms with Crippen molar-refractivity contribution in [1.29, 1.82) is 0 Å². The summed E-state index contributed by atoms with van der Waals surface area (Å²) in [5.41, 5.74) is 6.76. The monoisotopic (exact) mass is 507 g/mol. The molecule has 1 aromatic heterocycles. The first kappa shape index (κ1) is 28.3. The Morgan fingerprint density at radius 3 is 2.40 bits per heavy atom. The van der Waals surface area contributed by atoms with E-state index in [-0.39, 0.29) is 11.8 Å². The third-order valence-corrected chi connectivity index (χ3v) is 5.34. The molecule has 0 bridgehead atoms. The normalized spacial score (nSPS) is 14.2. The largest absolute Gasteiger partial charge is 0.755 e. The number of anilines is 1. The molecule has 0 spiro atoms. The molecule has 3 atom stereocenters. The number of alkyl carbamates (subject to hydrolysis) is 1. The summed E-state index contributed by atoms with van der Waals surface area (Å²) in [6.45, 7) is 8.96. The van der Waals surface area contributed by atoms with Crippen molar-refractivity contribution in [3.05, 3.63) is 47.5 Å². The number of H-pyrrole nitrogens is 1. The second-order valence-corrected chi connectivity index (χ2v) is 9.94. The quantitative estimate of drug-likeness (QED) is 0.216. The van der Waals surface area contributed by atoms with Gasteiger partial charge in [0, 0.05) is 28.8 Å². The molecular weight excluding hydrogens is 472 g/mol. The number of amides is 2. The van der Waals surface area contributed by atoms with E-state index in [1.165, 1.54) is 13.8 Å². The Morgan fingerprint density at radius 2 is 1.89 bits per heavy atom. The predicted octanol–water partition coefficient (Wildman–Crippen LogP) is 2.41. The van der Waals surface area contributed by atoms with Crippen molar-refractivity contribution < 1.29 is 23.1 Å². The van der Waals surface area contributed by atoms with Gasteiger partial charge in [0.05, 0.1) is 6.04 Å². The second-order valence-electron chi connectivity index (χ2n) is 9.27. The lowest BCUT2D eigenvalue weighted by molar-refractivity contribution is -0.124. The summed E-state index contributed by atoms with van der Waals surface area (Å²) >= 11 is -2.42. The van der Waals surface area contributed by atoms with Crippen LogP contribution < -0.4 is 21.1 Å². The van der Waals surface area contributed by atoms with Gasteiger partial charge in [-0.3, -0.25) is 14.7 Å². The molecule has 1 aromatic carbocycles. The number of aromatic amines is 1. The number of nitrogens with zero attached hydrogens (tertiary/aromatic N) is 1. The number of hydrogen-bond donors (Lipinski definition) is 5. The van der Waals surface area contributed by atoms with Crippen LogP contribution in [0.2, 0.25) is 0 Å². The molecule has 2 amide bonds. The van der Waals surface area contributed by atoms with Crippen molar-refractivity contribution >= 4 is 29.0 Å². The van der Waals surface area contributed by atoms with Gasteiger partial charge in [-0.1, -0.05) is 32.9 Å². The van der Waals surface area contributed by atoms with E-state index >= 15 is 0 Å². The fourth-order valence-corrected chi connectivity index (χ4v) is 3.70. The molecule has 0 aliphatic heterocycles. The number of nitrogens with one attached hydrogen (secondary N) is 4. The lowest BCUT2D eigenvalue weighted by atomic mass is 10.0. The molecule has 0 aliphatic carbocycles. The average Bonchev–Trinajstić information content (AvgIpc) is 3.21. The van der Waals surface area contributed by atoms with Gasteiger partial charge in [-0.15, -0.1) is 0 Å². The number of hydrogen-bond acceptors (Lipinski definition) is 7. The predicted molar refractivity (Wildman–Crippen MR) is 133 cm³/mol. The van der Waals surface area contributed by atoms with Crippen LogP contribution in [-0.2, 0) is 33.6 Å². The highest BCUT2D eigenvalue weighted by molar-refractivity contribution is 7.80. The summed E-state index contributed by atoms with van der Waals surface area (Å²) in [5.74, 6) is 0.314. The Hall–Kier alpha value is -2.96. The Kier molecular flexibility index (Phi) is 10.2. The summed E-state index contributed by atoms with van der Waals surface area (Å²) in [6.07, 6.45) is 2.47. The van der Waals surface area contributed by atoms with Crippen molar-refractivity contribution in [1.82, 2.24) is 20.6 Å². The standard InChI is InChI=1S/C23H36N6O5S/c1-6-16-13-25-20(26-16)18(12-15-7-9-17(10-8-15)29-35(32)33)27-21(30)19(11-14(2)3)28-22(31)34-23(4,5)24/h7-10,13-14,18-19,29H,6,11-12,24H2,1-5H3,(H,25,26)(H,27,30)(H,28,31)(H,32,33)/p-1/t18-,19-/m0/s1. The van der Waals surface area contributed by atoms with Gasteiger partial charge in [-0.25, -0.2) is 9.78 Å².